The summed E-state index contributed by atoms with van der Waals surface area (Å²) in [5.74, 6) is -1.22. The molecule has 2 aliphatic carbocycles. The topological polar surface area (TPSA) is 138 Å². The molecule has 2 fully saturated rings. The summed E-state index contributed by atoms with van der Waals surface area (Å²) in [6.45, 7) is -4.87. The van der Waals surface area contributed by atoms with Crippen molar-refractivity contribution < 1.29 is 34.3 Å². The largest absolute Gasteiger partial charge is 0.394 e. The highest BCUT2D eigenvalue weighted by molar-refractivity contribution is 5.82. The Morgan fingerprint density at radius 3 is 2.79 bits per heavy atom. The van der Waals surface area contributed by atoms with Gasteiger partial charge in [-0.15, -0.1) is 5.10 Å². The number of nitrogens with zero attached hydrogens (tertiary/aromatic N) is 5. The molecule has 3 aromatic rings. The molecule has 6 atom stereocenters. The van der Waals surface area contributed by atoms with Crippen LogP contribution in [0.2, 0.25) is 0 Å². The van der Waals surface area contributed by atoms with Gasteiger partial charge < -0.3 is 25.4 Å². The van der Waals surface area contributed by atoms with Crippen LogP contribution >= 0.6 is 0 Å². The second-order valence-electron chi connectivity index (χ2n) is 8.25. The molecule has 2 heterocycles. The first-order valence-corrected chi connectivity index (χ1v) is 10.3. The van der Waals surface area contributed by atoms with Crippen LogP contribution < -0.4 is 5.32 Å². The summed E-state index contributed by atoms with van der Waals surface area (Å²) in [5, 5.41) is 41.9. The van der Waals surface area contributed by atoms with Gasteiger partial charge in [-0.2, -0.15) is 0 Å². The second kappa shape index (κ2) is 8.52. The van der Waals surface area contributed by atoms with Crippen LogP contribution in [0.5, 0.6) is 0 Å². The number of hydrogen-bond donors (Lipinski definition) is 4. The lowest BCUT2D eigenvalue weighted by Gasteiger charge is -2.17. The number of benzene rings is 1. The maximum Gasteiger partial charge on any atom is 0.184 e. The predicted molar refractivity (Wildman–Crippen MR) is 111 cm³/mol. The van der Waals surface area contributed by atoms with Crippen molar-refractivity contribution in [1.82, 2.24) is 25.0 Å². The number of aryl methyl sites for hydroxylation is 1. The Hall–Kier alpha value is -2.80. The molecule has 2 aliphatic rings. The van der Waals surface area contributed by atoms with Crippen molar-refractivity contribution in [3.63, 3.8) is 0 Å². The van der Waals surface area contributed by atoms with Crippen molar-refractivity contribution in [3.8, 4) is 0 Å². The van der Waals surface area contributed by atoms with Gasteiger partial charge >= 0.3 is 0 Å². The van der Waals surface area contributed by atoms with Crippen molar-refractivity contribution in [2.24, 2.45) is 0 Å². The molecular formula is C21H24F2N6O4. The first-order chi connectivity index (χ1) is 17.3. The molecule has 12 heteroatoms. The van der Waals surface area contributed by atoms with Crippen LogP contribution in [0.1, 0.15) is 41.7 Å². The van der Waals surface area contributed by atoms with Gasteiger partial charge in [0.2, 0.25) is 0 Å². The molecule has 2 saturated carbocycles. The van der Waals surface area contributed by atoms with Crippen LogP contribution in [0, 0.1) is 18.6 Å². The average molecular weight is 466 g/mol. The summed E-state index contributed by atoms with van der Waals surface area (Å²) in [5.41, 5.74) is 1.12. The van der Waals surface area contributed by atoms with Gasteiger partial charge in [0.1, 0.15) is 18.0 Å². The van der Waals surface area contributed by atoms with Crippen LogP contribution in [0.25, 0.3) is 11.2 Å². The van der Waals surface area contributed by atoms with Crippen molar-refractivity contribution in [2.75, 3.05) is 18.4 Å². The summed E-state index contributed by atoms with van der Waals surface area (Å²) in [7, 11) is 0. The fourth-order valence-corrected chi connectivity index (χ4v) is 4.33. The van der Waals surface area contributed by atoms with Gasteiger partial charge in [-0.05, 0) is 31.0 Å². The van der Waals surface area contributed by atoms with Crippen LogP contribution in [0.4, 0.5) is 14.6 Å². The monoisotopic (exact) mass is 466 g/mol. The van der Waals surface area contributed by atoms with Gasteiger partial charge in [0.25, 0.3) is 0 Å². The Labute approximate surface area is 192 Å². The minimum Gasteiger partial charge on any atom is -0.394 e. The molecule has 176 valence electrons. The number of anilines is 1. The number of aliphatic hydroxyl groups is 3. The molecule has 0 amide bonds. The minimum absolute atomic E-state index is 0.0668. The van der Waals surface area contributed by atoms with E-state index in [1.54, 1.807) is 6.92 Å². The zero-order valence-electron chi connectivity index (χ0n) is 21.4. The van der Waals surface area contributed by atoms with Crippen LogP contribution in [0.15, 0.2) is 18.2 Å². The number of aromatic nitrogens is 5. The smallest absolute Gasteiger partial charge is 0.184 e. The first-order valence-electron chi connectivity index (χ1n) is 12.3. The Balaban J connectivity index is 1.38. The van der Waals surface area contributed by atoms with Crippen molar-refractivity contribution in [3.05, 3.63) is 41.2 Å². The molecule has 0 unspecified atom stereocenters. The summed E-state index contributed by atoms with van der Waals surface area (Å²) >= 11 is 0. The predicted octanol–water partition coefficient (Wildman–Crippen LogP) is 0.820. The fraction of sp³-hybridized carbons (Fsp3) is 0.524. The van der Waals surface area contributed by atoms with Crippen LogP contribution in [-0.4, -0.2) is 77.8 Å². The standard InChI is InChI=1S/C21H24F2N6O4/c1-9-24-20(26-14-7-11(14)10-2-3-12(22)13(23)6-10)17-21(25-9)29(28-27-17)15-8-16(33-5-4-30)19(32)18(15)31/h2-3,6,11,14-16,18-19,30-32H,4-5,7-8H2,1H3,(H,24,25,26)/t11-,14+,15+,16-,18-,19+/m0/s1/i4D2,5D2. The van der Waals surface area contributed by atoms with Crippen molar-refractivity contribution in [2.45, 2.75) is 56.1 Å². The van der Waals surface area contributed by atoms with E-state index in [9.17, 15) is 24.1 Å². The molecule has 0 radical (unpaired) electrons. The number of halogens is 2. The van der Waals surface area contributed by atoms with Crippen LogP contribution in [-0.2, 0) is 4.74 Å². The maximum atomic E-state index is 13.6. The average Bonchev–Trinajstić information content (AvgIpc) is 3.36. The van der Waals surface area contributed by atoms with Crippen molar-refractivity contribution >= 4 is 17.0 Å². The second-order valence-corrected chi connectivity index (χ2v) is 8.25. The highest BCUT2D eigenvalue weighted by Crippen LogP contribution is 2.43. The third-order valence-corrected chi connectivity index (χ3v) is 6.09. The van der Waals surface area contributed by atoms with E-state index >= 15 is 0 Å². The highest BCUT2D eigenvalue weighted by Gasteiger charge is 2.45. The fourth-order valence-electron chi connectivity index (χ4n) is 4.33. The van der Waals surface area contributed by atoms with Crippen molar-refractivity contribution in [1.29, 1.82) is 0 Å². The van der Waals surface area contributed by atoms with Gasteiger partial charge in [-0.25, -0.2) is 23.4 Å². The number of fused-ring (bicyclic) bond motifs is 1. The molecule has 4 N–H and O–H groups in total. The summed E-state index contributed by atoms with van der Waals surface area (Å²) in [6, 6.07) is 2.69. The normalized spacial score (nSPS) is 31.7. The number of aliphatic hydroxyl groups excluding tert-OH is 2. The lowest BCUT2D eigenvalue weighted by Crippen LogP contribution is -2.33. The van der Waals surface area contributed by atoms with E-state index in [-0.39, 0.29) is 29.5 Å². The van der Waals surface area contributed by atoms with Gasteiger partial charge in [0, 0.05) is 18.4 Å². The number of ether oxygens (including phenoxy) is 1. The van der Waals surface area contributed by atoms with Gasteiger partial charge in [0.05, 0.1) is 30.7 Å². The zero-order valence-corrected chi connectivity index (χ0v) is 17.4. The Morgan fingerprint density at radius 1 is 1.21 bits per heavy atom. The van der Waals surface area contributed by atoms with E-state index in [0.717, 1.165) is 12.1 Å². The summed E-state index contributed by atoms with van der Waals surface area (Å²) in [4.78, 5) is 8.73. The molecule has 5 rings (SSSR count). The number of nitrogens with one attached hydrogen (secondary N) is 1. The van der Waals surface area contributed by atoms with Gasteiger partial charge in [-0.3, -0.25) is 0 Å². The van der Waals surface area contributed by atoms with Crippen LogP contribution in [0.3, 0.4) is 0 Å². The third-order valence-electron chi connectivity index (χ3n) is 6.09. The quantitative estimate of drug-likeness (QED) is 0.399. The molecule has 0 bridgehead atoms. The summed E-state index contributed by atoms with van der Waals surface area (Å²) < 4.78 is 62.8. The lowest BCUT2D eigenvalue weighted by molar-refractivity contribution is -0.0629. The van der Waals surface area contributed by atoms with E-state index in [1.165, 1.54) is 10.7 Å². The van der Waals surface area contributed by atoms with E-state index < -0.39 is 49.1 Å². The maximum absolute atomic E-state index is 13.6. The zero-order chi connectivity index (χ0) is 26.9. The molecule has 10 nitrogen and oxygen atoms in total. The SMILES string of the molecule is [2H]C([2H])(O)C([2H])([2H])O[C@H]1C[C@@H](n2nnc3c(N[C@@H]4C[C@H]4c4ccc(F)c(F)c4)nc(C)nc32)[C@H](O)[C@@H]1O. The highest BCUT2D eigenvalue weighted by atomic mass is 19.2. The molecule has 0 spiro atoms. The molecule has 2 aromatic heterocycles. The van der Waals surface area contributed by atoms with E-state index in [4.69, 9.17) is 10.2 Å². The third kappa shape index (κ3) is 4.03. The Kier molecular flexibility index (Phi) is 4.56. The first kappa shape index (κ1) is 17.6. The Morgan fingerprint density at radius 2 is 2.03 bits per heavy atom. The molecule has 33 heavy (non-hydrogen) atoms. The molecule has 0 saturated heterocycles. The molecule has 1 aromatic carbocycles. The molecule has 0 aliphatic heterocycles. The van der Waals surface area contributed by atoms with Gasteiger partial charge in [-0.1, -0.05) is 11.3 Å². The minimum atomic E-state index is -3.35. The summed E-state index contributed by atoms with van der Waals surface area (Å²) in [6.07, 6.45) is -3.98. The Bertz CT molecular complexity index is 1340. The number of rotatable bonds is 7. The van der Waals surface area contributed by atoms with E-state index in [0.29, 0.717) is 23.6 Å². The van der Waals surface area contributed by atoms with E-state index in [2.05, 4.69) is 25.6 Å². The lowest BCUT2D eigenvalue weighted by atomic mass is 10.1. The van der Waals surface area contributed by atoms with Gasteiger partial charge in [0.15, 0.2) is 28.6 Å². The number of hydrogen-bond acceptors (Lipinski definition) is 9. The van der Waals surface area contributed by atoms with E-state index in [1.807, 2.05) is 0 Å². The molecular weight excluding hydrogens is 438 g/mol.